The van der Waals surface area contributed by atoms with Gasteiger partial charge in [-0.25, -0.2) is 37.9 Å². The van der Waals surface area contributed by atoms with Crippen molar-refractivity contribution >= 4 is 143 Å². The smallest absolute Gasteiger partial charge is 0.317 e. The number of carbonyl (C=O) groups excluding carboxylic acids is 4. The number of hydrogen-bond donors (Lipinski definition) is 7. The van der Waals surface area contributed by atoms with E-state index < -0.39 is 11.6 Å². The van der Waals surface area contributed by atoms with Crippen molar-refractivity contribution in [3.05, 3.63) is 218 Å². The summed E-state index contributed by atoms with van der Waals surface area (Å²) in [7, 11) is 1.78. The molecule has 0 radical (unpaired) electrons. The summed E-state index contributed by atoms with van der Waals surface area (Å²) in [5, 5.41) is 47.2. The molecule has 0 spiro atoms. The molecule has 8 amide bonds. The molecule has 0 saturated heterocycles. The number of urea groups is 4. The number of carbonyl (C=O) groups is 4. The van der Waals surface area contributed by atoms with E-state index in [1.165, 1.54) is 59.1 Å². The molecular formula is C71H66BrCl3F2N18O4S4. The number of anilines is 4. The number of nitrogens with zero attached hydrogens (tertiary/aromatic N) is 11. The molecule has 0 fully saturated rings. The van der Waals surface area contributed by atoms with Gasteiger partial charge < -0.3 is 35.6 Å². The second-order valence-electron chi connectivity index (χ2n) is 24.9. The fourth-order valence-electron chi connectivity index (χ4n) is 12.6. The molecule has 12 heterocycles. The Labute approximate surface area is 630 Å². The first kappa shape index (κ1) is 72.0. The summed E-state index contributed by atoms with van der Waals surface area (Å²) in [5.41, 5.74) is 19.6. The number of aromatic amines is 4. The molecule has 7 N–H and O–H groups in total. The van der Waals surface area contributed by atoms with E-state index in [0.29, 0.717) is 55.4 Å². The molecule has 0 saturated carbocycles. The monoisotopic (exact) mass is 1580 g/mol. The van der Waals surface area contributed by atoms with E-state index in [2.05, 4.69) is 95.6 Å². The number of amides is 8. The van der Waals surface area contributed by atoms with Gasteiger partial charge in [-0.2, -0.15) is 20.4 Å². The SMILES string of the molecule is CC1Cc2[nH]nc(-c3cccs3)c2CN1C(=O)N(C)c1cccc(Cl)c1.CC1Cc2[nH]nc(-c3cccs3)c2CN1C(=O)Nc1ccc(F)c(Cl)c1.CC1Cc2[nH]nc(-c3cscn3)c2CN1C(=O)Nc1ccc(F)c(Cl)c1.CC1Cc2[nH]nc(-c3cscn3)c2CN1C(=O)Nc1cccc(Br)c1. The minimum absolute atomic E-state index is 0.00931. The number of hydrogen-bond acceptors (Lipinski definition) is 14. The van der Waals surface area contributed by atoms with Crippen LogP contribution in [0.3, 0.4) is 0 Å². The summed E-state index contributed by atoms with van der Waals surface area (Å²) in [6.07, 6.45) is 2.89. The maximum absolute atomic E-state index is 13.3. The van der Waals surface area contributed by atoms with E-state index in [9.17, 15) is 28.0 Å². The maximum Gasteiger partial charge on any atom is 0.324 e. The van der Waals surface area contributed by atoms with Crippen LogP contribution < -0.4 is 20.9 Å². The molecule has 530 valence electrons. The van der Waals surface area contributed by atoms with Crippen LogP contribution in [0.25, 0.3) is 43.9 Å². The zero-order chi connectivity index (χ0) is 72.2. The van der Waals surface area contributed by atoms with Crippen molar-refractivity contribution < 1.29 is 28.0 Å². The van der Waals surface area contributed by atoms with Crippen molar-refractivity contribution in [1.82, 2.24) is 70.4 Å². The van der Waals surface area contributed by atoms with Gasteiger partial charge in [0, 0.05) is 145 Å². The minimum atomic E-state index is -0.521. The molecule has 0 aliphatic carbocycles. The Balaban J connectivity index is 0.000000122. The number of thiophene rings is 2. The number of H-pyrrole nitrogens is 4. The molecule has 8 aromatic heterocycles. The molecular weight excluding hydrogens is 1520 g/mol. The van der Waals surface area contributed by atoms with E-state index in [4.69, 9.17) is 34.8 Å². The van der Waals surface area contributed by atoms with Crippen molar-refractivity contribution in [2.75, 3.05) is 27.9 Å². The molecule has 16 rings (SSSR count). The van der Waals surface area contributed by atoms with Crippen molar-refractivity contribution in [1.29, 1.82) is 0 Å². The average Bonchev–Trinajstić information content (AvgIpc) is 1.70. The Morgan fingerprint density at radius 2 is 0.903 bits per heavy atom. The van der Waals surface area contributed by atoms with E-state index in [0.717, 1.165) is 118 Å². The molecule has 22 nitrogen and oxygen atoms in total. The van der Waals surface area contributed by atoms with Gasteiger partial charge in [-0.3, -0.25) is 25.3 Å². The summed E-state index contributed by atoms with van der Waals surface area (Å²) in [4.78, 5) is 71.1. The van der Waals surface area contributed by atoms with Gasteiger partial charge >= 0.3 is 24.1 Å². The quantitative estimate of drug-likeness (QED) is 0.0756. The normalized spacial score (nSPS) is 16.5. The molecule has 4 aromatic carbocycles. The van der Waals surface area contributed by atoms with Gasteiger partial charge in [0.1, 0.15) is 45.8 Å². The highest BCUT2D eigenvalue weighted by atomic mass is 79.9. The van der Waals surface area contributed by atoms with Gasteiger partial charge in [-0.05, 0) is 123 Å². The van der Waals surface area contributed by atoms with Gasteiger partial charge in [0.25, 0.3) is 0 Å². The lowest BCUT2D eigenvalue weighted by Gasteiger charge is -2.36. The van der Waals surface area contributed by atoms with Crippen LogP contribution in [0.2, 0.25) is 15.1 Å². The summed E-state index contributed by atoms with van der Waals surface area (Å²) in [6.45, 7) is 10.0. The second kappa shape index (κ2) is 31.7. The first-order valence-electron chi connectivity index (χ1n) is 32.5. The third kappa shape index (κ3) is 16.2. The van der Waals surface area contributed by atoms with Gasteiger partial charge in [0.05, 0.1) is 57.0 Å². The third-order valence-electron chi connectivity index (χ3n) is 18.0. The van der Waals surface area contributed by atoms with Gasteiger partial charge in [-0.15, -0.1) is 45.3 Å². The molecule has 4 aliphatic heterocycles. The number of aromatic nitrogens is 10. The number of nitrogens with one attached hydrogen (secondary N) is 7. The molecule has 103 heavy (non-hydrogen) atoms. The molecule has 4 unspecified atom stereocenters. The summed E-state index contributed by atoms with van der Waals surface area (Å²) in [5.74, 6) is -1.04. The minimum Gasteiger partial charge on any atom is -0.317 e. The first-order chi connectivity index (χ1) is 49.7. The van der Waals surface area contributed by atoms with Crippen LogP contribution in [0.5, 0.6) is 0 Å². The van der Waals surface area contributed by atoms with Crippen LogP contribution in [-0.2, 0) is 51.9 Å². The summed E-state index contributed by atoms with van der Waals surface area (Å²) in [6, 6.07) is 30.8. The Morgan fingerprint density at radius 3 is 1.29 bits per heavy atom. The van der Waals surface area contributed by atoms with Crippen LogP contribution >= 0.6 is 96.1 Å². The Hall–Kier alpha value is -9.33. The van der Waals surface area contributed by atoms with Gasteiger partial charge in [0.15, 0.2) is 0 Å². The highest BCUT2D eigenvalue weighted by Crippen LogP contribution is 2.38. The Bertz CT molecular complexity index is 4840. The predicted octanol–water partition coefficient (Wildman–Crippen LogP) is 18.3. The molecule has 12 aromatic rings. The van der Waals surface area contributed by atoms with E-state index in [1.807, 2.05) is 107 Å². The van der Waals surface area contributed by atoms with Crippen LogP contribution in [0, 0.1) is 11.6 Å². The Kier molecular flexibility index (Phi) is 22.2. The van der Waals surface area contributed by atoms with Crippen molar-refractivity contribution in [2.45, 2.75) is 104 Å². The molecule has 32 heteroatoms. The lowest BCUT2D eigenvalue weighted by Crippen LogP contribution is -2.48. The average molecular weight is 1590 g/mol. The van der Waals surface area contributed by atoms with Crippen molar-refractivity contribution in [2.24, 2.45) is 0 Å². The number of benzene rings is 4. The molecule has 4 atom stereocenters. The van der Waals surface area contributed by atoms with E-state index >= 15 is 0 Å². The Morgan fingerprint density at radius 1 is 0.505 bits per heavy atom. The van der Waals surface area contributed by atoms with Crippen molar-refractivity contribution in [3.63, 3.8) is 0 Å². The molecule has 0 bridgehead atoms. The van der Waals surface area contributed by atoms with E-state index in [-0.39, 0.29) is 58.3 Å². The maximum atomic E-state index is 13.3. The van der Waals surface area contributed by atoms with Crippen LogP contribution in [0.4, 0.5) is 50.7 Å². The lowest BCUT2D eigenvalue weighted by molar-refractivity contribution is 0.176. The lowest BCUT2D eigenvalue weighted by atomic mass is 9.99. The van der Waals surface area contributed by atoms with Crippen molar-refractivity contribution in [3.8, 4) is 43.9 Å². The van der Waals surface area contributed by atoms with Crippen LogP contribution in [-0.4, -0.2) is 126 Å². The fraction of sp³-hybridized carbons (Fsp3) is 0.239. The topological polar surface area (TPSA) is 261 Å². The largest absolute Gasteiger partial charge is 0.324 e. The highest BCUT2D eigenvalue weighted by molar-refractivity contribution is 9.10. The third-order valence-corrected chi connectivity index (χ3v) is 22.3. The summed E-state index contributed by atoms with van der Waals surface area (Å²) < 4.78 is 27.5. The first-order valence-corrected chi connectivity index (χ1v) is 38.1. The van der Waals surface area contributed by atoms with Crippen LogP contribution in [0.15, 0.2) is 146 Å². The number of fused-ring (bicyclic) bond motifs is 4. The van der Waals surface area contributed by atoms with Crippen LogP contribution in [0.1, 0.15) is 72.7 Å². The number of rotatable bonds is 8. The standard InChI is InChI=1S/C19H19ClN4OS.C18H16ClFN4OS.C17H16BrN5OS.C17H15ClFN5OS/c1-12-9-16-15(18(22-21-16)17-7-4-8-26-17)11-24(12)19(25)23(2)14-6-3-5-13(20)10-14;1-10-7-15-12(17(23-22-15)16-3-2-6-26-16)9-24(10)18(25)21-11-4-5-14(20)13(19)8-11;1-10-5-14-13(16(22-21-14)15-8-25-9-19-15)7-23(10)17(24)20-12-4-2-3-11(18)6-12;1-9-4-14-11(16(23-22-14)15-7-26-8-20-15)6-24(9)17(25)21-10-2-3-13(19)12(18)5-10/h3-8,10,12H,9,11H2,1-2H3,(H,21,22);2-6,8,10H,7,9H2,1H3,(H,21,25)(H,22,23);2-4,6,8-10H,5,7H2,1H3,(H,20,24)(H,21,22);2-3,5,7-9H,4,6H2,1H3,(H,21,25)(H,22,23). The second-order valence-corrected chi connectivity index (χ2v) is 30.4. The number of halogens is 6. The zero-order valence-corrected chi connectivity index (χ0v) is 62.9. The zero-order valence-electron chi connectivity index (χ0n) is 55.8. The number of thiazole rings is 2. The summed E-state index contributed by atoms with van der Waals surface area (Å²) >= 11 is 27.4. The predicted molar refractivity (Wildman–Crippen MR) is 407 cm³/mol. The van der Waals surface area contributed by atoms with Gasteiger partial charge in [0.2, 0.25) is 0 Å². The highest BCUT2D eigenvalue weighted by Gasteiger charge is 2.36. The van der Waals surface area contributed by atoms with E-state index in [1.54, 1.807) is 67.6 Å². The van der Waals surface area contributed by atoms with Gasteiger partial charge in [-0.1, -0.05) is 75.0 Å². The molecule has 4 aliphatic rings. The fourth-order valence-corrected chi connectivity index (χ4v) is 16.1.